The minimum Gasteiger partial charge on any atom is -0.389 e. The molecular weight excluding hydrogens is 366 g/mol. The molecule has 0 aromatic heterocycles. The molecule has 0 aliphatic carbocycles. The Morgan fingerprint density at radius 2 is 1.69 bits per heavy atom. The van der Waals surface area contributed by atoms with Crippen molar-refractivity contribution in [3.05, 3.63) is 65.2 Å². The number of benzene rings is 2. The van der Waals surface area contributed by atoms with Crippen LogP contribution < -0.4 is 10.6 Å². The number of likely N-dealkylation sites (tertiary alicyclic amines) is 1. The number of hydrogen-bond acceptors (Lipinski definition) is 5. The third kappa shape index (κ3) is 4.29. The molecule has 2 unspecified atom stereocenters. The van der Waals surface area contributed by atoms with Crippen molar-refractivity contribution in [3.8, 4) is 0 Å². The number of nitrogens with zero attached hydrogens (tertiary/aromatic N) is 2. The van der Waals surface area contributed by atoms with E-state index < -0.39 is 12.2 Å². The van der Waals surface area contributed by atoms with Gasteiger partial charge in [-0.1, -0.05) is 30.3 Å². The van der Waals surface area contributed by atoms with Crippen LogP contribution in [0.3, 0.4) is 0 Å². The molecular formula is C23H29N3O3. The zero-order valence-electron chi connectivity index (χ0n) is 16.6. The first-order valence-electron chi connectivity index (χ1n) is 10.3. The molecule has 154 valence electrons. The molecule has 4 rings (SSSR count). The summed E-state index contributed by atoms with van der Waals surface area (Å²) in [7, 11) is 0. The fourth-order valence-electron chi connectivity index (χ4n) is 4.39. The topological polar surface area (TPSA) is 90.0 Å². The van der Waals surface area contributed by atoms with E-state index in [4.69, 9.17) is 5.73 Å². The Hall–Kier alpha value is -2.41. The molecule has 4 N–H and O–H groups in total. The number of aliphatic hydroxyl groups excluding tert-OH is 2. The van der Waals surface area contributed by atoms with Gasteiger partial charge in [-0.3, -0.25) is 4.79 Å². The van der Waals surface area contributed by atoms with Crippen LogP contribution in [0.2, 0.25) is 0 Å². The van der Waals surface area contributed by atoms with Crippen molar-refractivity contribution >= 4 is 11.6 Å². The minimum atomic E-state index is -0.744. The molecule has 29 heavy (non-hydrogen) atoms. The third-order valence-corrected chi connectivity index (χ3v) is 6.16. The van der Waals surface area contributed by atoms with Crippen molar-refractivity contribution in [2.24, 2.45) is 5.73 Å². The Bertz CT molecular complexity index is 854. The Morgan fingerprint density at radius 3 is 2.38 bits per heavy atom. The summed E-state index contributed by atoms with van der Waals surface area (Å²) < 4.78 is 0. The second-order valence-corrected chi connectivity index (χ2v) is 8.11. The lowest BCUT2D eigenvalue weighted by Gasteiger charge is -2.32. The van der Waals surface area contributed by atoms with Gasteiger partial charge in [0.2, 0.25) is 0 Å². The summed E-state index contributed by atoms with van der Waals surface area (Å²) in [5, 5.41) is 19.6. The van der Waals surface area contributed by atoms with E-state index in [1.165, 1.54) is 5.56 Å². The zero-order chi connectivity index (χ0) is 20.4. The van der Waals surface area contributed by atoms with Crippen molar-refractivity contribution in [3.63, 3.8) is 0 Å². The van der Waals surface area contributed by atoms with Crippen molar-refractivity contribution in [2.45, 2.75) is 37.5 Å². The SMILES string of the molecule is NCc1cccc(C2CCN(C(=O)c3cccc(N4CC(O)C(O)C4)c3)CC2)c1. The number of piperidine rings is 1. The summed E-state index contributed by atoms with van der Waals surface area (Å²) in [4.78, 5) is 16.9. The van der Waals surface area contributed by atoms with Crippen molar-refractivity contribution in [2.75, 3.05) is 31.1 Å². The Morgan fingerprint density at radius 1 is 1.00 bits per heavy atom. The highest BCUT2D eigenvalue weighted by Gasteiger charge is 2.30. The Balaban J connectivity index is 1.40. The molecule has 0 radical (unpaired) electrons. The van der Waals surface area contributed by atoms with Crippen LogP contribution in [0.5, 0.6) is 0 Å². The lowest BCUT2D eigenvalue weighted by atomic mass is 9.88. The predicted octanol–water partition coefficient (Wildman–Crippen LogP) is 1.71. The number of anilines is 1. The first-order valence-corrected chi connectivity index (χ1v) is 10.3. The van der Waals surface area contributed by atoms with Crippen LogP contribution >= 0.6 is 0 Å². The molecule has 0 saturated carbocycles. The highest BCUT2D eigenvalue weighted by atomic mass is 16.3. The monoisotopic (exact) mass is 395 g/mol. The number of β-amino-alcohol motifs (C(OH)–C–C–N with tert-alkyl or cyclic N) is 2. The smallest absolute Gasteiger partial charge is 0.253 e. The van der Waals surface area contributed by atoms with Crippen LogP contribution in [0.1, 0.15) is 40.2 Å². The van der Waals surface area contributed by atoms with Gasteiger partial charge in [0.15, 0.2) is 0 Å². The molecule has 2 atom stereocenters. The molecule has 0 bridgehead atoms. The molecule has 2 aliphatic heterocycles. The van der Waals surface area contributed by atoms with Gasteiger partial charge in [0, 0.05) is 44.0 Å². The molecule has 2 heterocycles. The molecule has 2 aromatic rings. The van der Waals surface area contributed by atoms with Crippen LogP contribution in [-0.2, 0) is 6.54 Å². The number of nitrogens with two attached hydrogens (primary N) is 1. The van der Waals surface area contributed by atoms with Crippen LogP contribution in [0.4, 0.5) is 5.69 Å². The van der Waals surface area contributed by atoms with Crippen molar-refractivity contribution in [1.29, 1.82) is 0 Å². The molecule has 6 nitrogen and oxygen atoms in total. The van der Waals surface area contributed by atoms with Gasteiger partial charge in [-0.2, -0.15) is 0 Å². The summed E-state index contributed by atoms with van der Waals surface area (Å²) in [6, 6.07) is 15.9. The van der Waals surface area contributed by atoms with E-state index in [1.807, 2.05) is 40.1 Å². The summed E-state index contributed by atoms with van der Waals surface area (Å²) in [5.41, 5.74) is 9.74. The van der Waals surface area contributed by atoms with Crippen LogP contribution in [0.15, 0.2) is 48.5 Å². The van der Waals surface area contributed by atoms with Crippen LogP contribution in [-0.4, -0.2) is 59.4 Å². The average molecular weight is 396 g/mol. The van der Waals surface area contributed by atoms with Gasteiger partial charge in [0.25, 0.3) is 5.91 Å². The second-order valence-electron chi connectivity index (χ2n) is 8.11. The second kappa shape index (κ2) is 8.53. The molecule has 6 heteroatoms. The van der Waals surface area contributed by atoms with Gasteiger partial charge >= 0.3 is 0 Å². The molecule has 1 amide bonds. The maximum Gasteiger partial charge on any atom is 0.253 e. The van der Waals surface area contributed by atoms with E-state index in [9.17, 15) is 15.0 Å². The van der Waals surface area contributed by atoms with Gasteiger partial charge in [0.1, 0.15) is 0 Å². The number of rotatable bonds is 4. The molecule has 0 spiro atoms. The maximum absolute atomic E-state index is 13.0. The fraction of sp³-hybridized carbons (Fsp3) is 0.435. The lowest BCUT2D eigenvalue weighted by molar-refractivity contribution is 0.0572. The quantitative estimate of drug-likeness (QED) is 0.733. The van der Waals surface area contributed by atoms with Gasteiger partial charge in [-0.05, 0) is 48.1 Å². The van der Waals surface area contributed by atoms with E-state index in [-0.39, 0.29) is 5.91 Å². The summed E-state index contributed by atoms with van der Waals surface area (Å²) in [6.07, 6.45) is 0.408. The van der Waals surface area contributed by atoms with Crippen LogP contribution in [0, 0.1) is 0 Å². The summed E-state index contributed by atoms with van der Waals surface area (Å²) in [5.74, 6) is 0.505. The lowest BCUT2D eigenvalue weighted by Crippen LogP contribution is -2.38. The van der Waals surface area contributed by atoms with E-state index in [0.717, 1.165) is 37.2 Å². The Labute approximate surface area is 171 Å². The number of carbonyl (C=O) groups is 1. The Kier molecular flexibility index (Phi) is 5.85. The number of hydrogen-bond donors (Lipinski definition) is 3. The first-order chi connectivity index (χ1) is 14.0. The molecule has 2 aromatic carbocycles. The highest BCUT2D eigenvalue weighted by molar-refractivity contribution is 5.95. The minimum absolute atomic E-state index is 0.0429. The van der Waals surface area contributed by atoms with Crippen molar-refractivity contribution < 1.29 is 15.0 Å². The average Bonchev–Trinajstić information content (AvgIpc) is 3.12. The van der Waals surface area contributed by atoms with Gasteiger partial charge < -0.3 is 25.7 Å². The number of amides is 1. The zero-order valence-corrected chi connectivity index (χ0v) is 16.6. The molecule has 2 fully saturated rings. The van der Waals surface area contributed by atoms with Crippen LogP contribution in [0.25, 0.3) is 0 Å². The van der Waals surface area contributed by atoms with E-state index in [0.29, 0.717) is 31.1 Å². The molecule has 2 aliphatic rings. The summed E-state index contributed by atoms with van der Waals surface area (Å²) in [6.45, 7) is 2.79. The normalized spacial score (nSPS) is 22.9. The number of aliphatic hydroxyl groups is 2. The highest BCUT2D eigenvalue weighted by Crippen LogP contribution is 2.30. The largest absolute Gasteiger partial charge is 0.389 e. The van der Waals surface area contributed by atoms with E-state index >= 15 is 0 Å². The molecule has 2 saturated heterocycles. The fourth-order valence-corrected chi connectivity index (χ4v) is 4.39. The van der Waals surface area contributed by atoms with Gasteiger partial charge in [0.05, 0.1) is 12.2 Å². The van der Waals surface area contributed by atoms with E-state index in [2.05, 4.69) is 18.2 Å². The standard InChI is InChI=1S/C23H29N3O3/c24-13-16-3-1-4-18(11-16)17-7-9-25(10-8-17)23(29)19-5-2-6-20(12-19)26-14-21(27)22(28)15-26/h1-6,11-12,17,21-22,27-28H,7-10,13-15,24H2. The van der Waals surface area contributed by atoms with Gasteiger partial charge in [-0.25, -0.2) is 0 Å². The summed E-state index contributed by atoms with van der Waals surface area (Å²) >= 11 is 0. The maximum atomic E-state index is 13.0. The third-order valence-electron chi connectivity index (χ3n) is 6.16. The van der Waals surface area contributed by atoms with E-state index in [1.54, 1.807) is 0 Å². The van der Waals surface area contributed by atoms with Crippen molar-refractivity contribution in [1.82, 2.24) is 4.90 Å². The predicted molar refractivity (Wildman–Crippen MR) is 113 cm³/mol. The number of carbonyl (C=O) groups excluding carboxylic acids is 1. The first kappa shape index (κ1) is 19.9. The van der Waals surface area contributed by atoms with Gasteiger partial charge in [-0.15, -0.1) is 0 Å².